The van der Waals surface area contributed by atoms with Gasteiger partial charge in [-0.3, -0.25) is 0 Å². The van der Waals surface area contributed by atoms with Crippen LogP contribution in [-0.2, 0) is 0 Å². The van der Waals surface area contributed by atoms with E-state index in [1.165, 1.54) is 18.4 Å². The molecular weight excluding hydrogens is 406 g/mol. The van der Waals surface area contributed by atoms with Crippen molar-refractivity contribution in [1.82, 2.24) is 5.32 Å². The van der Waals surface area contributed by atoms with E-state index in [2.05, 4.69) is 35.5 Å². The van der Waals surface area contributed by atoms with Gasteiger partial charge in [-0.15, -0.1) is 0 Å². The standard InChI is InChI=1S/C25H33N3O2S/c1-5-7-8-18(3)17-31-19(4)27-23(6-2)22-15-20-9-10-21(16-24(20)30-25(22)29)28-13-11-26-12-14-28/h6,9-10,15-17,26H,5,7-8,11-14H2,1-4H3/b18-17-,23-6-,27-19?. The summed E-state index contributed by atoms with van der Waals surface area (Å²) in [6.07, 6.45) is 5.37. The van der Waals surface area contributed by atoms with Gasteiger partial charge in [0.15, 0.2) is 0 Å². The molecular formula is C25H33N3O2S. The zero-order valence-corrected chi connectivity index (χ0v) is 19.8. The van der Waals surface area contributed by atoms with Crippen molar-refractivity contribution < 1.29 is 4.42 Å². The van der Waals surface area contributed by atoms with Crippen molar-refractivity contribution in [3.63, 3.8) is 0 Å². The molecule has 2 heterocycles. The first kappa shape index (κ1) is 23.4. The van der Waals surface area contributed by atoms with Crippen molar-refractivity contribution in [2.24, 2.45) is 4.99 Å². The molecule has 5 nitrogen and oxygen atoms in total. The number of nitrogens with one attached hydrogen (secondary N) is 1. The van der Waals surface area contributed by atoms with Crippen molar-refractivity contribution in [3.05, 3.63) is 57.3 Å². The molecule has 2 aromatic rings. The topological polar surface area (TPSA) is 57.8 Å². The number of hydrogen-bond acceptors (Lipinski definition) is 6. The van der Waals surface area contributed by atoms with Crippen molar-refractivity contribution >= 4 is 39.2 Å². The highest BCUT2D eigenvalue weighted by Crippen LogP contribution is 2.25. The second-order valence-corrected chi connectivity index (χ2v) is 8.96. The fourth-order valence-electron chi connectivity index (χ4n) is 3.57. The first-order chi connectivity index (χ1) is 15.0. The number of unbranched alkanes of at least 4 members (excludes halogenated alkanes) is 1. The molecule has 1 fully saturated rings. The van der Waals surface area contributed by atoms with E-state index in [-0.39, 0.29) is 5.63 Å². The van der Waals surface area contributed by atoms with E-state index in [0.29, 0.717) is 16.8 Å². The number of allylic oxidation sites excluding steroid dienone is 2. The Morgan fingerprint density at radius 3 is 2.74 bits per heavy atom. The van der Waals surface area contributed by atoms with Gasteiger partial charge in [-0.25, -0.2) is 9.79 Å². The second kappa shape index (κ2) is 11.3. The van der Waals surface area contributed by atoms with Crippen LogP contribution in [0.25, 0.3) is 16.7 Å². The Labute approximate surface area is 189 Å². The van der Waals surface area contributed by atoms with Gasteiger partial charge in [0.25, 0.3) is 0 Å². The number of nitrogens with zero attached hydrogens (tertiary/aromatic N) is 2. The Morgan fingerprint density at radius 1 is 1.26 bits per heavy atom. The van der Waals surface area contributed by atoms with Gasteiger partial charge in [-0.2, -0.15) is 0 Å². The highest BCUT2D eigenvalue weighted by molar-refractivity contribution is 8.16. The van der Waals surface area contributed by atoms with E-state index in [0.717, 1.165) is 48.7 Å². The summed E-state index contributed by atoms with van der Waals surface area (Å²) in [4.78, 5) is 19.8. The molecule has 31 heavy (non-hydrogen) atoms. The number of thioether (sulfide) groups is 1. The molecule has 0 aliphatic carbocycles. The monoisotopic (exact) mass is 439 g/mol. The molecule has 1 saturated heterocycles. The summed E-state index contributed by atoms with van der Waals surface area (Å²) in [5, 5.41) is 7.32. The third-order valence-electron chi connectivity index (χ3n) is 5.38. The van der Waals surface area contributed by atoms with E-state index < -0.39 is 0 Å². The van der Waals surface area contributed by atoms with E-state index in [1.807, 2.05) is 38.1 Å². The summed E-state index contributed by atoms with van der Waals surface area (Å²) >= 11 is 1.60. The van der Waals surface area contributed by atoms with Crippen molar-refractivity contribution in [2.75, 3.05) is 31.1 Å². The lowest BCUT2D eigenvalue weighted by Gasteiger charge is -2.29. The first-order valence-corrected chi connectivity index (χ1v) is 12.0. The number of hydrogen-bond donors (Lipinski definition) is 1. The predicted molar refractivity (Wildman–Crippen MR) is 135 cm³/mol. The van der Waals surface area contributed by atoms with Crippen molar-refractivity contribution in [3.8, 4) is 0 Å². The Kier molecular flexibility index (Phi) is 8.55. The van der Waals surface area contributed by atoms with Crippen LogP contribution in [0.1, 0.15) is 52.5 Å². The van der Waals surface area contributed by atoms with Crippen LogP contribution in [0, 0.1) is 0 Å². The molecule has 1 aromatic carbocycles. The van der Waals surface area contributed by atoms with Gasteiger partial charge in [-0.1, -0.05) is 36.8 Å². The smallest absolute Gasteiger partial charge is 0.345 e. The molecule has 0 spiro atoms. The van der Waals surface area contributed by atoms with Gasteiger partial charge in [0.2, 0.25) is 0 Å². The second-order valence-electron chi connectivity index (χ2n) is 7.90. The molecule has 1 aliphatic rings. The molecule has 0 unspecified atom stereocenters. The lowest BCUT2D eigenvalue weighted by Crippen LogP contribution is -2.43. The molecule has 1 aliphatic heterocycles. The van der Waals surface area contributed by atoms with Gasteiger partial charge < -0.3 is 14.6 Å². The summed E-state index contributed by atoms with van der Waals surface area (Å²) in [6, 6.07) is 7.98. The summed E-state index contributed by atoms with van der Waals surface area (Å²) in [5.74, 6) is 0. The number of fused-ring (bicyclic) bond motifs is 1. The van der Waals surface area contributed by atoms with Crippen LogP contribution in [0.4, 0.5) is 5.69 Å². The Hall–Kier alpha value is -2.31. The minimum absolute atomic E-state index is 0.353. The maximum Gasteiger partial charge on any atom is 0.345 e. The third kappa shape index (κ3) is 6.34. The molecule has 3 rings (SSSR count). The van der Waals surface area contributed by atoms with Crippen LogP contribution in [-0.4, -0.2) is 31.2 Å². The average molecular weight is 440 g/mol. The Balaban J connectivity index is 1.83. The predicted octanol–water partition coefficient (Wildman–Crippen LogP) is 5.81. The molecule has 0 saturated carbocycles. The molecule has 0 atom stereocenters. The van der Waals surface area contributed by atoms with Crippen LogP contribution < -0.4 is 15.8 Å². The van der Waals surface area contributed by atoms with Crippen molar-refractivity contribution in [1.29, 1.82) is 0 Å². The summed E-state index contributed by atoms with van der Waals surface area (Å²) < 4.78 is 5.70. The molecule has 1 aromatic heterocycles. The molecule has 0 bridgehead atoms. The fourth-order valence-corrected chi connectivity index (χ4v) is 4.22. The molecule has 6 heteroatoms. The minimum atomic E-state index is -0.353. The largest absolute Gasteiger partial charge is 0.422 e. The normalized spacial score (nSPS) is 16.3. The molecule has 0 radical (unpaired) electrons. The van der Waals surface area contributed by atoms with E-state index in [1.54, 1.807) is 11.8 Å². The zero-order valence-electron chi connectivity index (χ0n) is 19.0. The summed E-state index contributed by atoms with van der Waals surface area (Å²) in [5.41, 5.74) is 3.85. The van der Waals surface area contributed by atoms with Gasteiger partial charge in [0.1, 0.15) is 5.58 Å². The molecule has 1 N–H and O–H groups in total. The highest BCUT2D eigenvalue weighted by atomic mass is 32.2. The van der Waals surface area contributed by atoms with Gasteiger partial charge >= 0.3 is 5.63 Å². The highest BCUT2D eigenvalue weighted by Gasteiger charge is 2.14. The average Bonchev–Trinajstić information content (AvgIpc) is 2.79. The van der Waals surface area contributed by atoms with Crippen LogP contribution in [0.5, 0.6) is 0 Å². The van der Waals surface area contributed by atoms with Crippen LogP contribution in [0.2, 0.25) is 0 Å². The fraction of sp³-hybridized carbons (Fsp3) is 0.440. The summed E-state index contributed by atoms with van der Waals surface area (Å²) in [6.45, 7) is 12.1. The molecule has 166 valence electrons. The lowest BCUT2D eigenvalue weighted by molar-refractivity contribution is 0.557. The number of aliphatic imine (C=N–C) groups is 1. The Morgan fingerprint density at radius 2 is 2.03 bits per heavy atom. The number of anilines is 1. The maximum atomic E-state index is 12.8. The summed E-state index contributed by atoms with van der Waals surface area (Å²) in [7, 11) is 0. The lowest BCUT2D eigenvalue weighted by atomic mass is 10.1. The van der Waals surface area contributed by atoms with Gasteiger partial charge in [0.05, 0.1) is 16.3 Å². The van der Waals surface area contributed by atoms with Crippen molar-refractivity contribution in [2.45, 2.75) is 47.0 Å². The van der Waals surface area contributed by atoms with Gasteiger partial charge in [-0.05, 0) is 57.2 Å². The first-order valence-electron chi connectivity index (χ1n) is 11.1. The minimum Gasteiger partial charge on any atom is -0.422 e. The van der Waals surface area contributed by atoms with Crippen LogP contribution in [0.3, 0.4) is 0 Å². The number of piperazine rings is 1. The van der Waals surface area contributed by atoms with E-state index in [4.69, 9.17) is 9.41 Å². The van der Waals surface area contributed by atoms with E-state index >= 15 is 0 Å². The number of rotatable bonds is 7. The van der Waals surface area contributed by atoms with Crippen LogP contribution >= 0.6 is 11.8 Å². The van der Waals surface area contributed by atoms with Crippen LogP contribution in [0.15, 0.2) is 55.5 Å². The maximum absolute atomic E-state index is 12.8. The van der Waals surface area contributed by atoms with Gasteiger partial charge in [0, 0.05) is 43.3 Å². The SMILES string of the molecule is C/C=C(\N=C(C)S/C=C(/C)CCCC)c1cc2ccc(N3CCNCC3)cc2oc1=O. The molecule has 0 amide bonds. The number of benzene rings is 1. The Bertz CT molecular complexity index is 1050. The zero-order chi connectivity index (χ0) is 22.2. The third-order valence-corrected chi connectivity index (χ3v) is 6.34. The quantitative estimate of drug-likeness (QED) is 0.335. The van der Waals surface area contributed by atoms with E-state index in [9.17, 15) is 4.79 Å².